The molecule has 51 heavy (non-hydrogen) atoms. The Hall–Kier alpha value is -6.72. The molecule has 244 valence electrons. The van der Waals surface area contributed by atoms with E-state index in [2.05, 4.69) is 185 Å². The van der Waals surface area contributed by atoms with Crippen LogP contribution in [0.5, 0.6) is 0 Å². The number of nitrogens with zero attached hydrogens (tertiary/aromatic N) is 5. The van der Waals surface area contributed by atoms with Gasteiger partial charge in [0.25, 0.3) is 0 Å². The van der Waals surface area contributed by atoms with E-state index < -0.39 is 0 Å². The number of hydrogen-bond donors (Lipinski definition) is 0. The Morgan fingerprint density at radius 2 is 0.843 bits per heavy atom. The fourth-order valence-corrected chi connectivity index (χ4v) is 7.11. The normalized spacial score (nSPS) is 11.3. The highest BCUT2D eigenvalue weighted by Gasteiger charge is 2.19. The molecule has 0 spiro atoms. The molecule has 7 aromatic carbocycles. The monoisotopic (exact) mass is 657 g/mol. The van der Waals surface area contributed by atoms with Crippen molar-refractivity contribution in [3.63, 3.8) is 0 Å². The molecule has 9 rings (SSSR count). The molecular formula is C46H35N5. The van der Waals surface area contributed by atoms with Crippen molar-refractivity contribution in [2.75, 3.05) is 4.90 Å². The number of aromatic nitrogens is 4. The van der Waals surface area contributed by atoms with E-state index in [0.29, 0.717) is 0 Å². The van der Waals surface area contributed by atoms with Crippen LogP contribution < -0.4 is 4.90 Å². The Kier molecular flexibility index (Phi) is 7.71. The van der Waals surface area contributed by atoms with Gasteiger partial charge in [-0.15, -0.1) is 10.2 Å². The SMILES string of the molecule is CCc1ccc(-n2c(-c3ccccc3)nnc2-c2ccc(N(c3ccccc3)c3ccc(-n4c5ccccc5c5ccccc54)cc3)cc2)cc1. The first-order chi connectivity index (χ1) is 25.3. The van der Waals surface area contributed by atoms with E-state index in [1.54, 1.807) is 0 Å². The molecule has 0 radical (unpaired) electrons. The van der Waals surface area contributed by atoms with E-state index in [1.807, 2.05) is 18.2 Å². The quantitative estimate of drug-likeness (QED) is 0.163. The second-order valence-corrected chi connectivity index (χ2v) is 12.7. The van der Waals surface area contributed by atoms with Gasteiger partial charge in [-0.05, 0) is 96.9 Å². The zero-order valence-electron chi connectivity index (χ0n) is 28.3. The number of para-hydroxylation sites is 3. The van der Waals surface area contributed by atoms with Crippen LogP contribution in [0.2, 0.25) is 0 Å². The zero-order chi connectivity index (χ0) is 34.1. The summed E-state index contributed by atoms with van der Waals surface area (Å²) in [6, 6.07) is 64.2. The summed E-state index contributed by atoms with van der Waals surface area (Å²) in [5, 5.41) is 12.0. The van der Waals surface area contributed by atoms with Gasteiger partial charge in [-0.2, -0.15) is 0 Å². The summed E-state index contributed by atoms with van der Waals surface area (Å²) >= 11 is 0. The highest BCUT2D eigenvalue weighted by Crippen LogP contribution is 2.38. The Balaban J connectivity index is 1.11. The van der Waals surface area contributed by atoms with Gasteiger partial charge in [0.2, 0.25) is 0 Å². The number of rotatable bonds is 8. The second-order valence-electron chi connectivity index (χ2n) is 12.7. The van der Waals surface area contributed by atoms with Gasteiger partial charge in [-0.25, -0.2) is 0 Å². The van der Waals surface area contributed by atoms with E-state index in [-0.39, 0.29) is 0 Å². The molecule has 0 amide bonds. The molecule has 0 N–H and O–H groups in total. The molecule has 9 aromatic rings. The molecule has 0 fully saturated rings. The standard InChI is InChI=1S/C46H35N5/c1-2-33-21-25-40(26-22-33)51-45(34-13-5-3-6-14-34)47-48-46(51)35-23-27-37(28-24-35)49(36-15-7-4-8-16-36)38-29-31-39(32-30-38)50-43-19-11-9-17-41(43)42-18-10-12-20-44(42)50/h3-32H,2H2,1H3. The molecule has 0 unspecified atom stereocenters. The summed E-state index contributed by atoms with van der Waals surface area (Å²) in [6.45, 7) is 2.18. The molecule has 0 saturated heterocycles. The van der Waals surface area contributed by atoms with Gasteiger partial charge in [0.15, 0.2) is 11.6 Å². The maximum atomic E-state index is 4.75. The van der Waals surface area contributed by atoms with E-state index in [0.717, 1.165) is 57.6 Å². The molecule has 5 nitrogen and oxygen atoms in total. The Morgan fingerprint density at radius 3 is 1.41 bits per heavy atom. The first-order valence-corrected chi connectivity index (χ1v) is 17.4. The van der Waals surface area contributed by atoms with Crippen LogP contribution in [-0.4, -0.2) is 19.3 Å². The van der Waals surface area contributed by atoms with Crippen molar-refractivity contribution in [1.82, 2.24) is 19.3 Å². The molecule has 5 heteroatoms. The van der Waals surface area contributed by atoms with Crippen LogP contribution in [0.3, 0.4) is 0 Å². The fraction of sp³-hybridized carbons (Fsp3) is 0.0435. The predicted molar refractivity (Wildman–Crippen MR) is 211 cm³/mol. The summed E-state index contributed by atoms with van der Waals surface area (Å²) in [7, 11) is 0. The van der Waals surface area contributed by atoms with Crippen molar-refractivity contribution < 1.29 is 0 Å². The summed E-state index contributed by atoms with van der Waals surface area (Å²) in [5.74, 6) is 1.61. The maximum absolute atomic E-state index is 4.75. The molecule has 0 saturated carbocycles. The van der Waals surface area contributed by atoms with Crippen molar-refractivity contribution >= 4 is 38.9 Å². The average molecular weight is 658 g/mol. The summed E-state index contributed by atoms with van der Waals surface area (Å²) in [4.78, 5) is 2.29. The minimum atomic E-state index is 0.798. The van der Waals surface area contributed by atoms with Crippen LogP contribution in [0.25, 0.3) is 56.0 Å². The topological polar surface area (TPSA) is 38.9 Å². The molecule has 2 aromatic heterocycles. The molecule has 0 aliphatic rings. The average Bonchev–Trinajstić information content (AvgIpc) is 3.80. The van der Waals surface area contributed by atoms with Gasteiger partial charge in [-0.3, -0.25) is 4.57 Å². The van der Waals surface area contributed by atoms with E-state index in [9.17, 15) is 0 Å². The van der Waals surface area contributed by atoms with Gasteiger partial charge >= 0.3 is 0 Å². The first-order valence-electron chi connectivity index (χ1n) is 17.4. The van der Waals surface area contributed by atoms with Gasteiger partial charge < -0.3 is 9.47 Å². The molecule has 2 heterocycles. The largest absolute Gasteiger partial charge is 0.311 e. The Labute approximate surface area is 297 Å². The number of benzene rings is 7. The Morgan fingerprint density at radius 1 is 0.412 bits per heavy atom. The molecular weight excluding hydrogens is 623 g/mol. The summed E-state index contributed by atoms with van der Waals surface area (Å²) < 4.78 is 4.51. The van der Waals surface area contributed by atoms with Crippen LogP contribution in [0, 0.1) is 0 Å². The van der Waals surface area contributed by atoms with Crippen molar-refractivity contribution in [2.45, 2.75) is 13.3 Å². The van der Waals surface area contributed by atoms with Crippen molar-refractivity contribution in [3.8, 4) is 34.2 Å². The maximum Gasteiger partial charge on any atom is 0.168 e. The Bertz CT molecular complexity index is 2530. The van der Waals surface area contributed by atoms with Gasteiger partial charge in [-0.1, -0.05) is 104 Å². The summed E-state index contributed by atoms with van der Waals surface area (Å²) in [6.07, 6.45) is 0.989. The molecule has 0 atom stereocenters. The minimum Gasteiger partial charge on any atom is -0.311 e. The van der Waals surface area contributed by atoms with Gasteiger partial charge in [0.1, 0.15) is 0 Å². The third-order valence-electron chi connectivity index (χ3n) is 9.64. The van der Waals surface area contributed by atoms with Crippen LogP contribution in [0.1, 0.15) is 12.5 Å². The fourth-order valence-electron chi connectivity index (χ4n) is 7.11. The number of anilines is 3. The van der Waals surface area contributed by atoms with Crippen molar-refractivity contribution in [2.24, 2.45) is 0 Å². The third kappa shape index (κ3) is 5.45. The lowest BCUT2D eigenvalue weighted by atomic mass is 10.1. The zero-order valence-corrected chi connectivity index (χ0v) is 28.3. The first kappa shape index (κ1) is 30.3. The van der Waals surface area contributed by atoms with Gasteiger partial charge in [0.05, 0.1) is 11.0 Å². The van der Waals surface area contributed by atoms with Gasteiger partial charge in [0, 0.05) is 50.3 Å². The second kappa shape index (κ2) is 13.0. The minimum absolute atomic E-state index is 0.798. The molecule has 0 aliphatic heterocycles. The molecule has 0 bridgehead atoms. The smallest absolute Gasteiger partial charge is 0.168 e. The highest BCUT2D eigenvalue weighted by molar-refractivity contribution is 6.09. The number of fused-ring (bicyclic) bond motifs is 3. The van der Waals surface area contributed by atoms with E-state index >= 15 is 0 Å². The lowest BCUT2D eigenvalue weighted by Gasteiger charge is -2.26. The molecule has 0 aliphatic carbocycles. The predicted octanol–water partition coefficient (Wildman–Crippen LogP) is 11.7. The highest BCUT2D eigenvalue weighted by atomic mass is 15.3. The van der Waals surface area contributed by atoms with E-state index in [1.165, 1.54) is 27.4 Å². The van der Waals surface area contributed by atoms with Crippen molar-refractivity contribution in [1.29, 1.82) is 0 Å². The number of hydrogen-bond acceptors (Lipinski definition) is 3. The van der Waals surface area contributed by atoms with Crippen LogP contribution in [-0.2, 0) is 6.42 Å². The third-order valence-corrected chi connectivity index (χ3v) is 9.64. The van der Waals surface area contributed by atoms with Crippen LogP contribution >= 0.6 is 0 Å². The van der Waals surface area contributed by atoms with Crippen LogP contribution in [0.15, 0.2) is 182 Å². The van der Waals surface area contributed by atoms with E-state index in [4.69, 9.17) is 10.2 Å². The number of aryl methyl sites for hydroxylation is 1. The van der Waals surface area contributed by atoms with Crippen molar-refractivity contribution in [3.05, 3.63) is 188 Å². The lowest BCUT2D eigenvalue weighted by Crippen LogP contribution is -2.10. The summed E-state index contributed by atoms with van der Waals surface area (Å²) in [5.41, 5.74) is 11.1. The van der Waals surface area contributed by atoms with Crippen LogP contribution in [0.4, 0.5) is 17.1 Å². The lowest BCUT2D eigenvalue weighted by molar-refractivity contribution is 1.06.